The second kappa shape index (κ2) is 7.31. The van der Waals surface area contributed by atoms with E-state index in [1.807, 2.05) is 11.8 Å². The number of fused-ring (bicyclic) bond motifs is 1. The highest BCUT2D eigenvalue weighted by atomic mass is 32.1. The van der Waals surface area contributed by atoms with Crippen LogP contribution in [0.15, 0.2) is 11.1 Å². The van der Waals surface area contributed by atoms with E-state index in [0.29, 0.717) is 19.6 Å². The zero-order valence-electron chi connectivity index (χ0n) is 16.6. The van der Waals surface area contributed by atoms with E-state index in [1.165, 1.54) is 0 Å². The summed E-state index contributed by atoms with van der Waals surface area (Å²) >= 11 is 1.57. The van der Waals surface area contributed by atoms with Crippen LogP contribution in [0.1, 0.15) is 42.7 Å². The van der Waals surface area contributed by atoms with Gasteiger partial charge in [-0.1, -0.05) is 6.92 Å². The smallest absolute Gasteiger partial charge is 0.262 e. The molecule has 4 rings (SSSR count). The molecule has 0 aliphatic carbocycles. The summed E-state index contributed by atoms with van der Waals surface area (Å²) in [6, 6.07) is -0.0677. The maximum atomic E-state index is 13.2. The van der Waals surface area contributed by atoms with Crippen molar-refractivity contribution in [1.29, 1.82) is 0 Å². The molecular formula is C20H26N4O3S. The molecule has 0 bridgehead atoms. The van der Waals surface area contributed by atoms with E-state index in [2.05, 4.69) is 11.9 Å². The molecule has 2 aromatic heterocycles. The van der Waals surface area contributed by atoms with Crippen LogP contribution in [0, 0.1) is 12.8 Å². The number of amides is 2. The quantitative estimate of drug-likeness (QED) is 0.787. The first-order chi connectivity index (χ1) is 13.4. The third kappa shape index (κ3) is 3.13. The molecule has 2 fully saturated rings. The van der Waals surface area contributed by atoms with Crippen LogP contribution < -0.4 is 5.56 Å². The normalized spacial score (nSPS) is 23.0. The van der Waals surface area contributed by atoms with Crippen LogP contribution in [0.4, 0.5) is 0 Å². The van der Waals surface area contributed by atoms with Crippen LogP contribution in [0.3, 0.4) is 0 Å². The fourth-order valence-electron chi connectivity index (χ4n) is 4.53. The molecule has 2 amide bonds. The average Bonchev–Trinajstić information content (AvgIpc) is 3.20. The first-order valence-electron chi connectivity index (χ1n) is 9.92. The minimum Gasteiger partial charge on any atom is -0.345 e. The number of aromatic nitrogens is 2. The summed E-state index contributed by atoms with van der Waals surface area (Å²) in [5.41, 5.74) is 1.09. The Balaban J connectivity index is 1.60. The fourth-order valence-corrected chi connectivity index (χ4v) is 5.60. The monoisotopic (exact) mass is 402 g/mol. The second-order valence-corrected chi connectivity index (χ2v) is 9.09. The summed E-state index contributed by atoms with van der Waals surface area (Å²) in [7, 11) is 1.74. The molecular weight excluding hydrogens is 376 g/mol. The Morgan fingerprint density at radius 1 is 1.32 bits per heavy atom. The lowest BCUT2D eigenvalue weighted by Gasteiger charge is -2.34. The Labute approximate surface area is 168 Å². The highest BCUT2D eigenvalue weighted by molar-refractivity contribution is 7.18. The van der Waals surface area contributed by atoms with Crippen molar-refractivity contribution < 1.29 is 9.59 Å². The largest absolute Gasteiger partial charge is 0.345 e. The van der Waals surface area contributed by atoms with Gasteiger partial charge in [0.1, 0.15) is 4.83 Å². The third-order valence-electron chi connectivity index (χ3n) is 6.08. The van der Waals surface area contributed by atoms with Crippen molar-refractivity contribution in [1.82, 2.24) is 19.4 Å². The molecule has 2 atom stereocenters. The molecule has 0 aromatic carbocycles. The number of rotatable bonds is 3. The molecule has 0 spiro atoms. The summed E-state index contributed by atoms with van der Waals surface area (Å²) in [6.45, 7) is 5.78. The van der Waals surface area contributed by atoms with E-state index in [4.69, 9.17) is 0 Å². The number of hydrogen-bond acceptors (Lipinski definition) is 5. The predicted octanol–water partition coefficient (Wildman–Crippen LogP) is 1.97. The van der Waals surface area contributed by atoms with E-state index < -0.39 is 0 Å². The van der Waals surface area contributed by atoms with Gasteiger partial charge in [0.15, 0.2) is 0 Å². The van der Waals surface area contributed by atoms with Crippen LogP contribution in [0.2, 0.25) is 0 Å². The number of piperidine rings is 1. The van der Waals surface area contributed by atoms with Gasteiger partial charge in [0.25, 0.3) is 5.56 Å². The Morgan fingerprint density at radius 3 is 2.79 bits per heavy atom. The average molecular weight is 403 g/mol. The van der Waals surface area contributed by atoms with Gasteiger partial charge < -0.3 is 9.80 Å². The standard InChI is InChI=1S/C20H26N4O3S/c1-4-15-12(2)28-18-17(15)20(27)24(11-21-18)14-6-5-7-23(10-14)19(26)13-8-16(25)22(3)9-13/h11,13-14H,4-10H2,1-3H3/t13-,14-/m0/s1. The molecule has 0 radical (unpaired) electrons. The van der Waals surface area contributed by atoms with Gasteiger partial charge in [-0.2, -0.15) is 0 Å². The highest BCUT2D eigenvalue weighted by Gasteiger charge is 2.36. The molecule has 8 heteroatoms. The number of thiophene rings is 1. The van der Waals surface area contributed by atoms with Gasteiger partial charge in [0, 0.05) is 38.0 Å². The van der Waals surface area contributed by atoms with E-state index in [1.54, 1.807) is 34.2 Å². The molecule has 2 aliphatic heterocycles. The summed E-state index contributed by atoms with van der Waals surface area (Å²) in [5.74, 6) is -0.206. The minimum absolute atomic E-state index is 0.00118. The first-order valence-corrected chi connectivity index (χ1v) is 10.7. The Hall–Kier alpha value is -2.22. The maximum absolute atomic E-state index is 13.2. The summed E-state index contributed by atoms with van der Waals surface area (Å²) in [4.78, 5) is 47.9. The molecule has 0 saturated carbocycles. The topological polar surface area (TPSA) is 75.5 Å². The zero-order chi connectivity index (χ0) is 20.0. The van der Waals surface area contributed by atoms with Crippen LogP contribution in [0.25, 0.3) is 10.2 Å². The number of aryl methyl sites for hydroxylation is 2. The minimum atomic E-state index is -0.264. The van der Waals surface area contributed by atoms with Crippen molar-refractivity contribution in [2.45, 2.75) is 45.6 Å². The van der Waals surface area contributed by atoms with Gasteiger partial charge in [-0.15, -0.1) is 11.3 Å². The van der Waals surface area contributed by atoms with Gasteiger partial charge in [0.2, 0.25) is 11.8 Å². The van der Waals surface area contributed by atoms with Crippen molar-refractivity contribution in [3.8, 4) is 0 Å². The van der Waals surface area contributed by atoms with Crippen molar-refractivity contribution >= 4 is 33.4 Å². The molecule has 2 aromatic rings. The van der Waals surface area contributed by atoms with Crippen molar-refractivity contribution in [2.24, 2.45) is 5.92 Å². The van der Waals surface area contributed by atoms with Crippen LogP contribution in [-0.2, 0) is 16.0 Å². The fraction of sp³-hybridized carbons (Fsp3) is 0.600. The number of likely N-dealkylation sites (tertiary alicyclic amines) is 2. The lowest BCUT2D eigenvalue weighted by molar-refractivity contribution is -0.137. The summed E-state index contributed by atoms with van der Waals surface area (Å²) < 4.78 is 1.72. The number of carbonyl (C=O) groups is 2. The predicted molar refractivity (Wildman–Crippen MR) is 109 cm³/mol. The van der Waals surface area contributed by atoms with E-state index in [9.17, 15) is 14.4 Å². The van der Waals surface area contributed by atoms with Gasteiger partial charge in [-0.05, 0) is 31.7 Å². The van der Waals surface area contributed by atoms with Gasteiger partial charge >= 0.3 is 0 Å². The van der Waals surface area contributed by atoms with Gasteiger partial charge in [-0.25, -0.2) is 4.98 Å². The van der Waals surface area contributed by atoms with Crippen molar-refractivity contribution in [3.05, 3.63) is 27.1 Å². The summed E-state index contributed by atoms with van der Waals surface area (Å²) in [5, 5.41) is 0.735. The molecule has 2 saturated heterocycles. The SMILES string of the molecule is CCc1c(C)sc2ncn([C@H]3CCCN(C(=O)[C@H]4CC(=O)N(C)C4)C3)c(=O)c12. The molecule has 0 N–H and O–H groups in total. The second-order valence-electron chi connectivity index (χ2n) is 7.88. The van der Waals surface area contributed by atoms with Crippen LogP contribution in [0.5, 0.6) is 0 Å². The Bertz CT molecular complexity index is 995. The number of hydrogen-bond donors (Lipinski definition) is 0. The molecule has 4 heterocycles. The molecule has 0 unspecified atom stereocenters. The van der Waals surface area contributed by atoms with Crippen molar-refractivity contribution in [3.63, 3.8) is 0 Å². The van der Waals surface area contributed by atoms with E-state index in [0.717, 1.165) is 39.9 Å². The van der Waals surface area contributed by atoms with E-state index in [-0.39, 0.29) is 35.8 Å². The zero-order valence-corrected chi connectivity index (χ0v) is 17.4. The van der Waals surface area contributed by atoms with Crippen LogP contribution in [-0.4, -0.2) is 57.8 Å². The lowest BCUT2D eigenvalue weighted by atomic mass is 10.0. The summed E-state index contributed by atoms with van der Waals surface area (Å²) in [6.07, 6.45) is 4.44. The lowest BCUT2D eigenvalue weighted by Crippen LogP contribution is -2.45. The maximum Gasteiger partial charge on any atom is 0.262 e. The molecule has 2 aliphatic rings. The molecule has 28 heavy (non-hydrogen) atoms. The highest BCUT2D eigenvalue weighted by Crippen LogP contribution is 2.29. The first kappa shape index (κ1) is 19.1. The van der Waals surface area contributed by atoms with E-state index >= 15 is 0 Å². The Kier molecular flexibility index (Phi) is 4.99. The number of carbonyl (C=O) groups excluding carboxylic acids is 2. The molecule has 7 nitrogen and oxygen atoms in total. The Morgan fingerprint density at radius 2 is 2.11 bits per heavy atom. The van der Waals surface area contributed by atoms with Gasteiger partial charge in [-0.3, -0.25) is 19.0 Å². The van der Waals surface area contributed by atoms with Gasteiger partial charge in [0.05, 0.1) is 23.7 Å². The molecule has 150 valence electrons. The van der Waals surface area contributed by atoms with Crippen LogP contribution >= 0.6 is 11.3 Å². The number of nitrogens with zero attached hydrogens (tertiary/aromatic N) is 4. The third-order valence-corrected chi connectivity index (χ3v) is 7.14. The van der Waals surface area contributed by atoms with Crippen molar-refractivity contribution in [2.75, 3.05) is 26.7 Å².